The summed E-state index contributed by atoms with van der Waals surface area (Å²) in [6.45, 7) is 7.27. The number of nitrogens with zero attached hydrogens (tertiary/aromatic N) is 4. The summed E-state index contributed by atoms with van der Waals surface area (Å²) in [6, 6.07) is 17.1. The first-order chi connectivity index (χ1) is 23.4. The molecule has 3 heterocycles. The average Bonchev–Trinajstić information content (AvgIpc) is 3.10. The number of para-hydroxylation sites is 1. The maximum atomic E-state index is 15.0. The summed E-state index contributed by atoms with van der Waals surface area (Å²) in [5.41, 5.74) is 1.77. The van der Waals surface area contributed by atoms with Crippen molar-refractivity contribution < 1.29 is 18.7 Å². The van der Waals surface area contributed by atoms with Crippen molar-refractivity contribution in [2.75, 3.05) is 68.0 Å². The minimum absolute atomic E-state index is 0.0165. The number of benzene rings is 3. The zero-order valence-electron chi connectivity index (χ0n) is 26.5. The molecule has 0 atom stereocenters. The molecule has 0 unspecified atom stereocenters. The molecule has 4 aromatic rings. The fourth-order valence-corrected chi connectivity index (χ4v) is 6.19. The van der Waals surface area contributed by atoms with E-state index in [0.717, 1.165) is 57.9 Å². The molecule has 0 saturated carbocycles. The molecular formula is C35H38Cl2FN7O3. The molecule has 6 rings (SSSR count). The fraction of sp³-hybridized carbons (Fsp3) is 0.343. The summed E-state index contributed by atoms with van der Waals surface area (Å²) in [5, 5.41) is 9.64. The molecule has 2 aliphatic heterocycles. The van der Waals surface area contributed by atoms with Crippen LogP contribution in [-0.2, 0) is 0 Å². The summed E-state index contributed by atoms with van der Waals surface area (Å²) in [5.74, 6) is -0.347. The predicted octanol–water partition coefficient (Wildman–Crippen LogP) is 7.38. The third-order valence-electron chi connectivity index (χ3n) is 8.25. The van der Waals surface area contributed by atoms with Crippen molar-refractivity contribution in [1.82, 2.24) is 20.2 Å². The molecule has 0 radical (unpaired) electrons. The smallest absolute Gasteiger partial charge is 0.262 e. The van der Waals surface area contributed by atoms with E-state index in [0.29, 0.717) is 18.0 Å². The van der Waals surface area contributed by atoms with Gasteiger partial charge in [0.2, 0.25) is 11.8 Å². The number of halogens is 3. The lowest BCUT2D eigenvalue weighted by Gasteiger charge is -2.29. The van der Waals surface area contributed by atoms with E-state index >= 15 is 0 Å². The molecular weight excluding hydrogens is 656 g/mol. The Hall–Kier alpha value is -4.16. The molecule has 2 saturated heterocycles. The van der Waals surface area contributed by atoms with Crippen molar-refractivity contribution in [3.8, 4) is 17.4 Å². The van der Waals surface area contributed by atoms with Crippen LogP contribution in [0.25, 0.3) is 0 Å². The molecule has 10 nitrogen and oxygen atoms in total. The Kier molecular flexibility index (Phi) is 11.5. The normalized spacial score (nSPS) is 15.2. The van der Waals surface area contributed by atoms with Gasteiger partial charge in [-0.1, -0.05) is 35.7 Å². The van der Waals surface area contributed by atoms with E-state index < -0.39 is 11.7 Å². The lowest BCUT2D eigenvalue weighted by Crippen LogP contribution is -2.43. The third kappa shape index (κ3) is 8.84. The van der Waals surface area contributed by atoms with E-state index in [-0.39, 0.29) is 38.9 Å². The van der Waals surface area contributed by atoms with Crippen molar-refractivity contribution >= 4 is 52.1 Å². The van der Waals surface area contributed by atoms with Gasteiger partial charge in [-0.3, -0.25) is 4.79 Å². The number of hydrogen-bond donors (Lipinski definition) is 3. The molecule has 3 aromatic carbocycles. The van der Waals surface area contributed by atoms with Gasteiger partial charge in [0.15, 0.2) is 11.6 Å². The van der Waals surface area contributed by atoms with E-state index in [1.807, 2.05) is 24.3 Å². The molecule has 0 bridgehead atoms. The summed E-state index contributed by atoms with van der Waals surface area (Å²) in [4.78, 5) is 27.0. The Morgan fingerprint density at radius 3 is 2.44 bits per heavy atom. The largest absolute Gasteiger partial charge is 0.490 e. The van der Waals surface area contributed by atoms with Gasteiger partial charge in [0, 0.05) is 56.4 Å². The number of carbonyl (C=O) groups is 1. The van der Waals surface area contributed by atoms with Crippen LogP contribution in [0.4, 0.5) is 27.4 Å². The SMILES string of the molecule is O=C(Nc1c(Cl)cccc1Cl)c1cnc(Nc2ccc(OCCCN3CCCCC3)c(F)c2)nc1Oc1ccc(N2CCNCC2)cc1. The Labute approximate surface area is 289 Å². The standard InChI is InChI=1S/C35H38Cl2FN7O3/c36-28-6-4-7-29(37)32(28)42-33(46)27-23-40-35(43-34(27)48-26-11-9-25(10-12-26)45-19-14-39-15-20-45)41-24-8-13-31(30(38)22-24)47-21-5-18-44-16-2-1-3-17-44/h4,6-13,22-23,39H,1-3,5,14-21H2,(H,42,46)(H,40,41,43). The number of likely N-dealkylation sites (tertiary alicyclic amines) is 1. The molecule has 2 aliphatic rings. The Morgan fingerprint density at radius 1 is 0.958 bits per heavy atom. The number of amides is 1. The molecule has 0 aliphatic carbocycles. The van der Waals surface area contributed by atoms with Crippen LogP contribution in [0.5, 0.6) is 17.4 Å². The highest BCUT2D eigenvalue weighted by molar-refractivity contribution is 6.40. The predicted molar refractivity (Wildman–Crippen MR) is 188 cm³/mol. The van der Waals surface area contributed by atoms with Gasteiger partial charge in [-0.15, -0.1) is 0 Å². The average molecular weight is 695 g/mol. The van der Waals surface area contributed by atoms with Crippen LogP contribution in [0.3, 0.4) is 0 Å². The summed E-state index contributed by atoms with van der Waals surface area (Å²) in [6.07, 6.45) is 5.92. The lowest BCUT2D eigenvalue weighted by molar-refractivity contribution is 0.102. The molecule has 1 amide bonds. The van der Waals surface area contributed by atoms with E-state index in [9.17, 15) is 9.18 Å². The third-order valence-corrected chi connectivity index (χ3v) is 8.88. The minimum Gasteiger partial charge on any atom is -0.490 e. The van der Waals surface area contributed by atoms with Gasteiger partial charge < -0.3 is 35.2 Å². The number of ether oxygens (including phenoxy) is 2. The minimum atomic E-state index is -0.572. The van der Waals surface area contributed by atoms with Crippen molar-refractivity contribution in [3.63, 3.8) is 0 Å². The van der Waals surface area contributed by atoms with Crippen LogP contribution in [0.1, 0.15) is 36.0 Å². The topological polar surface area (TPSA) is 104 Å². The van der Waals surface area contributed by atoms with Gasteiger partial charge in [0.05, 0.1) is 22.3 Å². The lowest BCUT2D eigenvalue weighted by atomic mass is 10.1. The van der Waals surface area contributed by atoms with Gasteiger partial charge >= 0.3 is 0 Å². The number of hydrogen-bond acceptors (Lipinski definition) is 9. The second-order valence-corrected chi connectivity index (χ2v) is 12.5. The van der Waals surface area contributed by atoms with Crippen molar-refractivity contribution in [2.45, 2.75) is 25.7 Å². The highest BCUT2D eigenvalue weighted by Crippen LogP contribution is 2.33. The maximum absolute atomic E-state index is 15.0. The number of nitrogens with one attached hydrogen (secondary N) is 3. The van der Waals surface area contributed by atoms with Crippen LogP contribution in [0, 0.1) is 5.82 Å². The van der Waals surface area contributed by atoms with E-state index in [4.69, 9.17) is 32.7 Å². The van der Waals surface area contributed by atoms with E-state index in [2.05, 4.69) is 35.7 Å². The van der Waals surface area contributed by atoms with Crippen LogP contribution in [0.15, 0.2) is 66.9 Å². The first kappa shape index (κ1) is 33.7. The quantitative estimate of drug-likeness (QED) is 0.131. The van der Waals surface area contributed by atoms with Gasteiger partial charge in [0.1, 0.15) is 11.3 Å². The Bertz CT molecular complexity index is 1680. The molecule has 2 fully saturated rings. The number of piperidine rings is 1. The fourth-order valence-electron chi connectivity index (χ4n) is 5.70. The van der Waals surface area contributed by atoms with Crippen LogP contribution < -0.4 is 30.3 Å². The van der Waals surface area contributed by atoms with Crippen LogP contribution in [0.2, 0.25) is 10.0 Å². The first-order valence-corrected chi connectivity index (χ1v) is 17.0. The summed E-state index contributed by atoms with van der Waals surface area (Å²) in [7, 11) is 0. The second kappa shape index (κ2) is 16.3. The highest BCUT2D eigenvalue weighted by Gasteiger charge is 2.20. The molecule has 13 heteroatoms. The van der Waals surface area contributed by atoms with Gasteiger partial charge in [-0.2, -0.15) is 4.98 Å². The van der Waals surface area contributed by atoms with E-state index in [1.54, 1.807) is 30.3 Å². The maximum Gasteiger partial charge on any atom is 0.262 e. The number of carbonyl (C=O) groups excluding carboxylic acids is 1. The number of aromatic nitrogens is 2. The van der Waals surface area contributed by atoms with Crippen molar-refractivity contribution in [3.05, 3.63) is 88.3 Å². The molecule has 1 aromatic heterocycles. The number of piperazine rings is 1. The Balaban J connectivity index is 1.17. The van der Waals surface area contributed by atoms with Gasteiger partial charge in [-0.25, -0.2) is 9.37 Å². The van der Waals surface area contributed by atoms with Gasteiger partial charge in [0.25, 0.3) is 5.91 Å². The van der Waals surface area contributed by atoms with Crippen LogP contribution in [-0.4, -0.2) is 73.2 Å². The highest BCUT2D eigenvalue weighted by atomic mass is 35.5. The molecule has 48 heavy (non-hydrogen) atoms. The molecule has 252 valence electrons. The van der Waals surface area contributed by atoms with Gasteiger partial charge in [-0.05, 0) is 80.9 Å². The van der Waals surface area contributed by atoms with Crippen molar-refractivity contribution in [2.24, 2.45) is 0 Å². The summed E-state index contributed by atoms with van der Waals surface area (Å²) >= 11 is 12.6. The molecule has 0 spiro atoms. The van der Waals surface area contributed by atoms with E-state index in [1.165, 1.54) is 31.5 Å². The zero-order valence-corrected chi connectivity index (χ0v) is 28.0. The van der Waals surface area contributed by atoms with Crippen LogP contribution >= 0.6 is 23.2 Å². The monoisotopic (exact) mass is 693 g/mol. The Morgan fingerprint density at radius 2 is 1.71 bits per heavy atom. The van der Waals surface area contributed by atoms with Crippen molar-refractivity contribution in [1.29, 1.82) is 0 Å². The molecule has 3 N–H and O–H groups in total. The summed E-state index contributed by atoms with van der Waals surface area (Å²) < 4.78 is 26.9. The second-order valence-electron chi connectivity index (χ2n) is 11.7. The number of rotatable bonds is 12. The zero-order chi connectivity index (χ0) is 33.3. The number of anilines is 4. The first-order valence-electron chi connectivity index (χ1n) is 16.2.